The molecule has 2 amide bonds. The summed E-state index contributed by atoms with van der Waals surface area (Å²) in [5.41, 5.74) is 2.63. The van der Waals surface area contributed by atoms with E-state index in [0.717, 1.165) is 5.52 Å². The van der Waals surface area contributed by atoms with Crippen LogP contribution in [0.3, 0.4) is 0 Å². The lowest BCUT2D eigenvalue weighted by molar-refractivity contribution is 0.0880. The third-order valence-corrected chi connectivity index (χ3v) is 4.34. The minimum atomic E-state index is -0.447. The number of carbonyl (C=O) groups is 2. The van der Waals surface area contributed by atoms with Gasteiger partial charge in [-0.15, -0.1) is 0 Å². The molecule has 0 aliphatic carbocycles. The van der Waals surface area contributed by atoms with E-state index in [0.29, 0.717) is 38.7 Å². The molecule has 2 aromatic heterocycles. The van der Waals surface area contributed by atoms with Gasteiger partial charge < -0.3 is 14.5 Å². The molecule has 3 heterocycles. The molecule has 1 aliphatic rings. The molecule has 0 radical (unpaired) electrons. The first-order valence-electron chi connectivity index (χ1n) is 7.34. The van der Waals surface area contributed by atoms with E-state index in [-0.39, 0.29) is 5.75 Å². The van der Waals surface area contributed by atoms with Gasteiger partial charge in [0.2, 0.25) is 0 Å². The van der Waals surface area contributed by atoms with Gasteiger partial charge in [-0.3, -0.25) is 14.9 Å². The highest BCUT2D eigenvalue weighted by Crippen LogP contribution is 2.39. The minimum absolute atomic E-state index is 0.0944. The second-order valence-electron chi connectivity index (χ2n) is 5.71. The summed E-state index contributed by atoms with van der Waals surface area (Å²) in [5, 5.41) is 13.4. The topological polar surface area (TPSA) is 95.3 Å². The van der Waals surface area contributed by atoms with Crippen molar-refractivity contribution in [2.75, 3.05) is 0 Å². The van der Waals surface area contributed by atoms with Crippen LogP contribution in [0.15, 0.2) is 47.1 Å². The predicted molar refractivity (Wildman–Crippen MR) is 87.0 cm³/mol. The van der Waals surface area contributed by atoms with Gasteiger partial charge in [0, 0.05) is 27.4 Å². The van der Waals surface area contributed by atoms with Gasteiger partial charge in [0.05, 0.1) is 17.4 Å². The summed E-state index contributed by atoms with van der Waals surface area (Å²) >= 11 is 0. The molecule has 5 rings (SSSR count). The van der Waals surface area contributed by atoms with E-state index in [1.807, 2.05) is 0 Å². The summed E-state index contributed by atoms with van der Waals surface area (Å²) in [4.78, 5) is 28.0. The Morgan fingerprint density at radius 1 is 0.958 bits per heavy atom. The Morgan fingerprint density at radius 3 is 2.58 bits per heavy atom. The van der Waals surface area contributed by atoms with Gasteiger partial charge >= 0.3 is 0 Å². The molecule has 3 N–H and O–H groups in total. The number of hydrogen-bond donors (Lipinski definition) is 3. The fraction of sp³-hybridized carbons (Fsp3) is 0. The van der Waals surface area contributed by atoms with Gasteiger partial charge in [0.25, 0.3) is 11.8 Å². The lowest BCUT2D eigenvalue weighted by Gasteiger charge is -2.05. The molecule has 1 aliphatic heterocycles. The number of phenols is 1. The first-order chi connectivity index (χ1) is 11.6. The summed E-state index contributed by atoms with van der Waals surface area (Å²) < 4.78 is 5.43. The van der Waals surface area contributed by atoms with Crippen molar-refractivity contribution in [3.63, 3.8) is 0 Å². The second-order valence-corrected chi connectivity index (χ2v) is 5.71. The number of rotatable bonds is 1. The van der Waals surface area contributed by atoms with Crippen LogP contribution in [0.5, 0.6) is 5.75 Å². The smallest absolute Gasteiger partial charge is 0.259 e. The largest absolute Gasteiger partial charge is 0.508 e. The van der Waals surface area contributed by atoms with Crippen LogP contribution in [-0.2, 0) is 0 Å². The molecule has 2 aromatic carbocycles. The van der Waals surface area contributed by atoms with E-state index in [2.05, 4.69) is 10.3 Å². The maximum Gasteiger partial charge on any atom is 0.259 e. The average Bonchev–Trinajstić information content (AvgIpc) is 3.25. The first-order valence-corrected chi connectivity index (χ1v) is 7.34. The molecule has 0 bridgehead atoms. The van der Waals surface area contributed by atoms with Crippen molar-refractivity contribution in [3.8, 4) is 17.1 Å². The molecule has 24 heavy (non-hydrogen) atoms. The number of aromatic hydroxyl groups is 1. The molecule has 4 aromatic rings. The summed E-state index contributed by atoms with van der Waals surface area (Å²) in [6.45, 7) is 0. The molecule has 0 atom stereocenters. The van der Waals surface area contributed by atoms with E-state index in [4.69, 9.17) is 4.42 Å². The van der Waals surface area contributed by atoms with Crippen LogP contribution in [0.25, 0.3) is 33.1 Å². The number of benzene rings is 2. The molecule has 0 unspecified atom stereocenters. The minimum Gasteiger partial charge on any atom is -0.508 e. The normalized spacial score (nSPS) is 13.7. The molecule has 6 heteroatoms. The fourth-order valence-corrected chi connectivity index (χ4v) is 3.37. The summed E-state index contributed by atoms with van der Waals surface area (Å²) in [7, 11) is 0. The standard InChI is InChI=1S/C18H10N2O4/c21-8-3-4-11-9(6-8)14-12(19-11)7-10(13-2-1-5-24-13)15-16(14)18(23)20-17(15)22/h1-7,19,21H,(H,20,22,23). The SMILES string of the molecule is O=C1NC(=O)c2c1c(-c1ccco1)cc1[nH]c3ccc(O)cc3c21. The lowest BCUT2D eigenvalue weighted by Crippen LogP contribution is -2.20. The summed E-state index contributed by atoms with van der Waals surface area (Å²) in [6.07, 6.45) is 1.52. The van der Waals surface area contributed by atoms with Crippen LogP contribution in [0.2, 0.25) is 0 Å². The van der Waals surface area contributed by atoms with Crippen molar-refractivity contribution in [2.45, 2.75) is 0 Å². The molecule has 6 nitrogen and oxygen atoms in total. The van der Waals surface area contributed by atoms with Crippen molar-refractivity contribution >= 4 is 33.6 Å². The fourth-order valence-electron chi connectivity index (χ4n) is 3.37. The number of phenolic OH excluding ortho intramolecular Hbond substituents is 1. The number of carbonyl (C=O) groups excluding carboxylic acids is 2. The molecule has 0 fully saturated rings. The average molecular weight is 318 g/mol. The van der Waals surface area contributed by atoms with Crippen LogP contribution in [0.1, 0.15) is 20.7 Å². The van der Waals surface area contributed by atoms with Crippen LogP contribution in [0, 0.1) is 0 Å². The monoisotopic (exact) mass is 318 g/mol. The zero-order chi connectivity index (χ0) is 16.4. The van der Waals surface area contributed by atoms with E-state index < -0.39 is 11.8 Å². The highest BCUT2D eigenvalue weighted by molar-refractivity contribution is 6.32. The molecule has 0 spiro atoms. The van der Waals surface area contributed by atoms with Crippen molar-refractivity contribution in [1.29, 1.82) is 0 Å². The number of imide groups is 1. The number of fused-ring (bicyclic) bond motifs is 5. The Kier molecular flexibility index (Phi) is 2.30. The lowest BCUT2D eigenvalue weighted by atomic mass is 9.96. The van der Waals surface area contributed by atoms with E-state index >= 15 is 0 Å². The van der Waals surface area contributed by atoms with Crippen molar-refractivity contribution in [3.05, 3.63) is 53.8 Å². The first kappa shape index (κ1) is 13.0. The number of furan rings is 1. The second kappa shape index (κ2) is 4.26. The Morgan fingerprint density at radius 2 is 1.79 bits per heavy atom. The zero-order valence-corrected chi connectivity index (χ0v) is 12.2. The van der Waals surface area contributed by atoms with Gasteiger partial charge in [0.1, 0.15) is 11.5 Å². The van der Waals surface area contributed by atoms with Crippen LogP contribution in [-0.4, -0.2) is 21.9 Å². The van der Waals surface area contributed by atoms with Gasteiger partial charge in [-0.25, -0.2) is 0 Å². The Bertz CT molecular complexity index is 1170. The third kappa shape index (κ3) is 1.54. The zero-order valence-electron chi connectivity index (χ0n) is 12.2. The maximum atomic E-state index is 12.4. The summed E-state index contributed by atoms with van der Waals surface area (Å²) in [5.74, 6) is -0.285. The van der Waals surface area contributed by atoms with E-state index in [1.165, 1.54) is 6.26 Å². The summed E-state index contributed by atoms with van der Waals surface area (Å²) in [6, 6.07) is 10.1. The predicted octanol–water partition coefficient (Wildman–Crippen LogP) is 3.17. The van der Waals surface area contributed by atoms with Gasteiger partial charge in [0.15, 0.2) is 0 Å². The Balaban J connectivity index is 2.02. The quantitative estimate of drug-likeness (QED) is 0.470. The molecular formula is C18H10N2O4. The van der Waals surface area contributed by atoms with Gasteiger partial charge in [-0.2, -0.15) is 0 Å². The van der Waals surface area contributed by atoms with E-state index in [1.54, 1.807) is 36.4 Å². The molecule has 0 saturated carbocycles. The Labute approximate surface area is 134 Å². The number of aromatic amines is 1. The highest BCUT2D eigenvalue weighted by Gasteiger charge is 2.34. The highest BCUT2D eigenvalue weighted by atomic mass is 16.3. The number of H-pyrrole nitrogens is 1. The van der Waals surface area contributed by atoms with Crippen LogP contribution >= 0.6 is 0 Å². The van der Waals surface area contributed by atoms with Crippen LogP contribution < -0.4 is 5.32 Å². The van der Waals surface area contributed by atoms with E-state index in [9.17, 15) is 14.7 Å². The van der Waals surface area contributed by atoms with Gasteiger partial charge in [-0.05, 0) is 36.4 Å². The van der Waals surface area contributed by atoms with Gasteiger partial charge in [-0.1, -0.05) is 0 Å². The van der Waals surface area contributed by atoms with Crippen molar-refractivity contribution in [2.24, 2.45) is 0 Å². The van der Waals surface area contributed by atoms with Crippen molar-refractivity contribution in [1.82, 2.24) is 10.3 Å². The maximum absolute atomic E-state index is 12.4. The third-order valence-electron chi connectivity index (χ3n) is 4.34. The Hall–Kier alpha value is -3.54. The number of nitrogens with one attached hydrogen (secondary N) is 2. The van der Waals surface area contributed by atoms with Crippen LogP contribution in [0.4, 0.5) is 0 Å². The molecular weight excluding hydrogens is 308 g/mol. The number of aromatic nitrogens is 1. The number of hydrogen-bond acceptors (Lipinski definition) is 4. The number of amides is 2. The molecule has 0 saturated heterocycles. The molecule has 116 valence electrons. The van der Waals surface area contributed by atoms with Crippen molar-refractivity contribution < 1.29 is 19.1 Å².